The van der Waals surface area contributed by atoms with Crippen molar-refractivity contribution >= 4 is 38.9 Å². The zero-order valence-corrected chi connectivity index (χ0v) is 12.4. The maximum Gasteiger partial charge on any atom is 0.107 e. The van der Waals surface area contributed by atoms with Crippen LogP contribution in [0.15, 0.2) is 10.5 Å². The summed E-state index contributed by atoms with van der Waals surface area (Å²) < 4.78 is 1.81. The van der Waals surface area contributed by atoms with E-state index in [0.29, 0.717) is 12.6 Å². The zero-order chi connectivity index (χ0) is 11.7. The Kier molecular flexibility index (Phi) is 4.30. The van der Waals surface area contributed by atoms with Crippen molar-refractivity contribution in [2.24, 2.45) is 11.7 Å². The van der Waals surface area contributed by atoms with Gasteiger partial charge >= 0.3 is 0 Å². The van der Waals surface area contributed by atoms with E-state index in [1.165, 1.54) is 11.3 Å². The van der Waals surface area contributed by atoms with Crippen LogP contribution in [-0.2, 0) is 0 Å². The molecular weight excluding hydrogens is 308 g/mol. The molecule has 5 heteroatoms. The van der Waals surface area contributed by atoms with Crippen molar-refractivity contribution in [3.63, 3.8) is 0 Å². The molecule has 2 nitrogen and oxygen atoms in total. The highest BCUT2D eigenvalue weighted by Gasteiger charge is 2.27. The highest BCUT2D eigenvalue weighted by molar-refractivity contribution is 9.10. The van der Waals surface area contributed by atoms with Crippen LogP contribution >= 0.6 is 38.9 Å². The van der Waals surface area contributed by atoms with E-state index in [0.717, 1.165) is 27.8 Å². The Bertz CT molecular complexity index is 349. The fourth-order valence-electron chi connectivity index (χ4n) is 2.22. The predicted molar refractivity (Wildman–Crippen MR) is 74.2 cm³/mol. The second-order valence-electron chi connectivity index (χ2n) is 4.41. The van der Waals surface area contributed by atoms with E-state index in [1.807, 2.05) is 0 Å². The van der Waals surface area contributed by atoms with Crippen LogP contribution in [0.2, 0.25) is 4.34 Å². The van der Waals surface area contributed by atoms with Gasteiger partial charge in [-0.15, -0.1) is 11.3 Å². The molecule has 1 aliphatic rings. The number of thiophene rings is 1. The fourth-order valence-corrected chi connectivity index (χ4v) is 4.11. The van der Waals surface area contributed by atoms with Crippen molar-refractivity contribution in [3.8, 4) is 0 Å². The van der Waals surface area contributed by atoms with E-state index in [1.54, 1.807) is 11.3 Å². The summed E-state index contributed by atoms with van der Waals surface area (Å²) in [6.07, 6.45) is 1.27. The topological polar surface area (TPSA) is 29.3 Å². The molecule has 0 aromatic carbocycles. The molecule has 2 atom stereocenters. The van der Waals surface area contributed by atoms with Crippen molar-refractivity contribution in [3.05, 3.63) is 19.8 Å². The van der Waals surface area contributed by atoms with Crippen LogP contribution in [0.4, 0.5) is 0 Å². The smallest absolute Gasteiger partial charge is 0.107 e. The van der Waals surface area contributed by atoms with Crippen LogP contribution in [0, 0.1) is 5.92 Å². The van der Waals surface area contributed by atoms with Gasteiger partial charge in [0.2, 0.25) is 0 Å². The number of nitrogens with zero attached hydrogens (tertiary/aromatic N) is 1. The molecule has 0 amide bonds. The Balaban J connectivity index is 2.16. The Labute approximate surface area is 114 Å². The fraction of sp³-hybridized carbons (Fsp3) is 0.636. The predicted octanol–water partition coefficient (Wildman–Crippen LogP) is 3.51. The largest absolute Gasteiger partial charge is 0.329 e. The molecule has 0 radical (unpaired) electrons. The van der Waals surface area contributed by atoms with E-state index >= 15 is 0 Å². The molecule has 1 saturated heterocycles. The first-order chi connectivity index (χ1) is 7.61. The summed E-state index contributed by atoms with van der Waals surface area (Å²) in [5, 5.41) is 0. The van der Waals surface area contributed by atoms with Crippen molar-refractivity contribution in [1.82, 2.24) is 4.90 Å². The molecular formula is C11H16BrClN2S. The molecule has 0 saturated carbocycles. The average Bonchev–Trinajstić information content (AvgIpc) is 2.77. The summed E-state index contributed by atoms with van der Waals surface area (Å²) in [6.45, 7) is 5.26. The molecule has 2 N–H and O–H groups in total. The van der Waals surface area contributed by atoms with Crippen molar-refractivity contribution in [1.29, 1.82) is 0 Å². The average molecular weight is 324 g/mol. The number of likely N-dealkylation sites (tertiary alicyclic amines) is 1. The first-order valence-corrected chi connectivity index (χ1v) is 7.49. The van der Waals surface area contributed by atoms with E-state index in [4.69, 9.17) is 17.3 Å². The molecule has 1 aromatic rings. The lowest BCUT2D eigenvalue weighted by molar-refractivity contribution is 0.247. The van der Waals surface area contributed by atoms with Gasteiger partial charge < -0.3 is 5.73 Å². The minimum absolute atomic E-state index is 0.332. The molecule has 16 heavy (non-hydrogen) atoms. The van der Waals surface area contributed by atoms with Gasteiger partial charge in [-0.3, -0.25) is 4.90 Å². The molecule has 0 bridgehead atoms. The van der Waals surface area contributed by atoms with E-state index in [2.05, 4.69) is 33.8 Å². The highest BCUT2D eigenvalue weighted by atomic mass is 79.9. The molecule has 2 heterocycles. The van der Waals surface area contributed by atoms with Gasteiger partial charge in [0.15, 0.2) is 0 Å². The Morgan fingerprint density at radius 2 is 2.50 bits per heavy atom. The molecule has 2 rings (SSSR count). The lowest BCUT2D eigenvalue weighted by Gasteiger charge is -2.25. The third kappa shape index (κ3) is 2.62. The summed E-state index contributed by atoms with van der Waals surface area (Å²) in [4.78, 5) is 3.74. The Morgan fingerprint density at radius 3 is 2.94 bits per heavy atom. The summed E-state index contributed by atoms with van der Waals surface area (Å²) in [7, 11) is 0. The number of hydrogen-bond acceptors (Lipinski definition) is 3. The summed E-state index contributed by atoms with van der Waals surface area (Å²) in [5.74, 6) is 0.785. The second kappa shape index (κ2) is 5.36. The molecule has 0 spiro atoms. The van der Waals surface area contributed by atoms with Gasteiger partial charge in [-0.1, -0.05) is 18.5 Å². The molecule has 2 unspecified atom stereocenters. The Morgan fingerprint density at radius 1 is 1.75 bits per heavy atom. The molecule has 1 aromatic heterocycles. The maximum atomic E-state index is 6.08. The summed E-state index contributed by atoms with van der Waals surface area (Å²) in [5.41, 5.74) is 5.90. The number of hydrogen-bond donors (Lipinski definition) is 1. The van der Waals surface area contributed by atoms with Gasteiger partial charge in [-0.2, -0.15) is 0 Å². The van der Waals surface area contributed by atoms with Crippen molar-refractivity contribution in [2.75, 3.05) is 19.6 Å². The van der Waals surface area contributed by atoms with Crippen LogP contribution in [-0.4, -0.2) is 24.5 Å². The second-order valence-corrected chi connectivity index (χ2v) is 6.95. The SMILES string of the molecule is CC1CCN(C(CN)c2cc(Br)c(Cl)s2)C1. The number of nitrogens with two attached hydrogens (primary N) is 1. The standard InChI is InChI=1S/C11H16BrClN2S/c1-7-2-3-15(6-7)9(5-14)10-4-8(12)11(13)16-10/h4,7,9H,2-3,5-6,14H2,1H3. The zero-order valence-electron chi connectivity index (χ0n) is 9.25. The summed E-state index contributed by atoms with van der Waals surface area (Å²) >= 11 is 11.2. The highest BCUT2D eigenvalue weighted by Crippen LogP contribution is 2.38. The van der Waals surface area contributed by atoms with Crippen LogP contribution in [0.5, 0.6) is 0 Å². The van der Waals surface area contributed by atoms with E-state index in [9.17, 15) is 0 Å². The quantitative estimate of drug-likeness (QED) is 0.922. The minimum Gasteiger partial charge on any atom is -0.329 e. The first kappa shape index (κ1) is 12.8. The van der Waals surface area contributed by atoms with Crippen LogP contribution in [0.1, 0.15) is 24.3 Å². The van der Waals surface area contributed by atoms with Gasteiger partial charge in [0.25, 0.3) is 0 Å². The normalized spacial score (nSPS) is 23.9. The van der Waals surface area contributed by atoms with Crippen LogP contribution < -0.4 is 5.73 Å². The molecule has 1 fully saturated rings. The third-order valence-electron chi connectivity index (χ3n) is 3.11. The maximum absolute atomic E-state index is 6.08. The van der Waals surface area contributed by atoms with Gasteiger partial charge in [0.05, 0.1) is 6.04 Å². The molecule has 90 valence electrons. The van der Waals surface area contributed by atoms with Gasteiger partial charge in [0, 0.05) is 22.4 Å². The number of halogens is 2. The minimum atomic E-state index is 0.332. The summed E-state index contributed by atoms with van der Waals surface area (Å²) in [6, 6.07) is 2.44. The van der Waals surface area contributed by atoms with Gasteiger partial charge in [-0.05, 0) is 40.9 Å². The van der Waals surface area contributed by atoms with Crippen molar-refractivity contribution < 1.29 is 0 Å². The monoisotopic (exact) mass is 322 g/mol. The molecule has 0 aliphatic carbocycles. The molecule has 1 aliphatic heterocycles. The first-order valence-electron chi connectivity index (χ1n) is 5.50. The Hall–Kier alpha value is 0.390. The van der Waals surface area contributed by atoms with E-state index < -0.39 is 0 Å². The lowest BCUT2D eigenvalue weighted by atomic mass is 10.2. The van der Waals surface area contributed by atoms with Gasteiger partial charge in [0.1, 0.15) is 4.34 Å². The number of rotatable bonds is 3. The lowest BCUT2D eigenvalue weighted by Crippen LogP contribution is -2.31. The third-order valence-corrected chi connectivity index (χ3v) is 5.69. The van der Waals surface area contributed by atoms with Gasteiger partial charge in [-0.25, -0.2) is 0 Å². The van der Waals surface area contributed by atoms with Crippen LogP contribution in [0.3, 0.4) is 0 Å². The van der Waals surface area contributed by atoms with E-state index in [-0.39, 0.29) is 0 Å². The van der Waals surface area contributed by atoms with Crippen molar-refractivity contribution in [2.45, 2.75) is 19.4 Å². The van der Waals surface area contributed by atoms with Crippen LogP contribution in [0.25, 0.3) is 0 Å².